The molecule has 3 aromatic heterocycles. The van der Waals surface area contributed by atoms with Gasteiger partial charge in [0.05, 0.1) is 12.1 Å². The Bertz CT molecular complexity index is 1140. The summed E-state index contributed by atoms with van der Waals surface area (Å²) in [6.07, 6.45) is 3.18. The fraction of sp³-hybridized carbons (Fsp3) is 0.167. The highest BCUT2D eigenvalue weighted by Gasteiger charge is 2.13. The number of nitrogens with zero attached hydrogens (tertiary/aromatic N) is 5. The van der Waals surface area contributed by atoms with E-state index in [0.29, 0.717) is 23.1 Å². The Morgan fingerprint density at radius 2 is 2.11 bits per heavy atom. The molecule has 0 aliphatic rings. The second kappa shape index (κ2) is 7.61. The Balaban J connectivity index is 1.38. The number of carbonyl (C=O) groups is 1. The summed E-state index contributed by atoms with van der Waals surface area (Å²) in [5.41, 5.74) is 8.78. The van der Waals surface area contributed by atoms with Crippen LogP contribution in [0.25, 0.3) is 10.9 Å². The van der Waals surface area contributed by atoms with Crippen molar-refractivity contribution < 1.29 is 4.79 Å². The van der Waals surface area contributed by atoms with Gasteiger partial charge >= 0.3 is 0 Å². The molecule has 0 aliphatic heterocycles. The molecule has 0 fully saturated rings. The number of amides is 1. The number of anilines is 2. The van der Waals surface area contributed by atoms with E-state index in [0.717, 1.165) is 22.3 Å². The molecule has 4 aromatic rings. The van der Waals surface area contributed by atoms with Gasteiger partial charge in [-0.25, -0.2) is 9.97 Å². The number of aryl methyl sites for hydroxylation is 1. The van der Waals surface area contributed by atoms with Crippen LogP contribution in [0.4, 0.5) is 10.8 Å². The molecule has 0 spiro atoms. The number of aromatic nitrogens is 5. The number of hydrogen-bond donors (Lipinski definition) is 3. The highest BCUT2D eigenvalue weighted by atomic mass is 32.1. The van der Waals surface area contributed by atoms with Gasteiger partial charge in [0, 0.05) is 41.8 Å². The van der Waals surface area contributed by atoms with E-state index in [-0.39, 0.29) is 12.5 Å². The van der Waals surface area contributed by atoms with Gasteiger partial charge in [-0.15, -0.1) is 11.3 Å². The van der Waals surface area contributed by atoms with Crippen molar-refractivity contribution in [2.45, 2.75) is 13.1 Å². The molecule has 0 aliphatic carbocycles. The van der Waals surface area contributed by atoms with Crippen LogP contribution in [-0.2, 0) is 20.1 Å². The lowest BCUT2D eigenvalue weighted by Crippen LogP contribution is -2.23. The molecule has 142 valence electrons. The third-order valence-electron chi connectivity index (χ3n) is 4.28. The minimum atomic E-state index is -0.268. The minimum Gasteiger partial charge on any atom is -0.398 e. The molecule has 3 heterocycles. The molecular weight excluding hydrogens is 376 g/mol. The maximum absolute atomic E-state index is 12.4. The van der Waals surface area contributed by atoms with Crippen LogP contribution in [0.2, 0.25) is 0 Å². The molecule has 0 saturated heterocycles. The smallest absolute Gasteiger partial charge is 0.271 e. The van der Waals surface area contributed by atoms with Crippen LogP contribution in [0.3, 0.4) is 0 Å². The first-order valence-corrected chi connectivity index (χ1v) is 9.42. The van der Waals surface area contributed by atoms with Crippen molar-refractivity contribution in [3.63, 3.8) is 0 Å². The first-order valence-electron chi connectivity index (χ1n) is 8.54. The van der Waals surface area contributed by atoms with E-state index in [1.54, 1.807) is 16.3 Å². The van der Waals surface area contributed by atoms with E-state index in [2.05, 4.69) is 30.7 Å². The average molecular weight is 394 g/mol. The normalized spacial score (nSPS) is 10.9. The molecule has 0 radical (unpaired) electrons. The van der Waals surface area contributed by atoms with Crippen molar-refractivity contribution in [1.82, 2.24) is 30.0 Å². The van der Waals surface area contributed by atoms with Gasteiger partial charge in [-0.3, -0.25) is 14.5 Å². The summed E-state index contributed by atoms with van der Waals surface area (Å²) in [7, 11) is 1.82. The first-order chi connectivity index (χ1) is 13.6. The highest BCUT2D eigenvalue weighted by Crippen LogP contribution is 2.22. The summed E-state index contributed by atoms with van der Waals surface area (Å²) < 4.78 is 1.68. The first kappa shape index (κ1) is 17.9. The van der Waals surface area contributed by atoms with E-state index in [4.69, 9.17) is 5.73 Å². The molecule has 4 N–H and O–H groups in total. The summed E-state index contributed by atoms with van der Waals surface area (Å²) in [4.78, 5) is 25.2. The van der Waals surface area contributed by atoms with E-state index in [1.807, 2.05) is 31.3 Å². The van der Waals surface area contributed by atoms with Crippen molar-refractivity contribution in [2.24, 2.45) is 7.05 Å². The number of carbonyl (C=O) groups excluding carboxylic acids is 1. The van der Waals surface area contributed by atoms with Crippen LogP contribution in [-0.4, -0.2) is 30.6 Å². The van der Waals surface area contributed by atoms with Gasteiger partial charge in [-0.05, 0) is 6.07 Å². The topological polar surface area (TPSA) is 124 Å². The van der Waals surface area contributed by atoms with Crippen molar-refractivity contribution in [3.8, 4) is 0 Å². The quantitative estimate of drug-likeness (QED) is 0.456. The van der Waals surface area contributed by atoms with Crippen molar-refractivity contribution in [1.29, 1.82) is 0 Å². The number of para-hydroxylation sites is 1. The maximum atomic E-state index is 12.4. The van der Waals surface area contributed by atoms with E-state index in [9.17, 15) is 4.79 Å². The van der Waals surface area contributed by atoms with Crippen LogP contribution in [0.15, 0.2) is 42.2 Å². The minimum absolute atomic E-state index is 0.268. The monoisotopic (exact) mass is 394 g/mol. The molecule has 0 bridgehead atoms. The Hall–Kier alpha value is -3.53. The second-order valence-electron chi connectivity index (χ2n) is 6.09. The number of benzene rings is 1. The predicted octanol–water partition coefficient (Wildman–Crippen LogP) is 1.94. The number of nitrogens with two attached hydrogens (primary N) is 1. The molecule has 1 aromatic carbocycles. The Labute approximate surface area is 164 Å². The van der Waals surface area contributed by atoms with Gasteiger partial charge in [0.1, 0.15) is 17.8 Å². The highest BCUT2D eigenvalue weighted by molar-refractivity contribution is 7.13. The molecule has 10 heteroatoms. The number of nitrogen functional groups attached to an aromatic ring is 1. The van der Waals surface area contributed by atoms with Crippen molar-refractivity contribution in [3.05, 3.63) is 59.3 Å². The Morgan fingerprint density at radius 1 is 1.25 bits per heavy atom. The van der Waals surface area contributed by atoms with Gasteiger partial charge < -0.3 is 16.4 Å². The molecular formula is C18H18N8OS. The standard InChI is InChI=1S/C18H18N8OS/c1-26-15(23-10-24-26)8-22-18-25-14(9-28-18)17(27)21-7-11-6-20-13-5-3-2-4-12(13)16(11)19/h2-6,9-10H,7-8H2,1H3,(H2,19,20)(H,21,27)(H,22,25). The lowest BCUT2D eigenvalue weighted by atomic mass is 10.1. The summed E-state index contributed by atoms with van der Waals surface area (Å²) in [6, 6.07) is 7.64. The number of nitrogens with one attached hydrogen (secondary N) is 2. The average Bonchev–Trinajstić information content (AvgIpc) is 3.35. The van der Waals surface area contributed by atoms with Gasteiger partial charge in [0.15, 0.2) is 5.13 Å². The van der Waals surface area contributed by atoms with Crippen molar-refractivity contribution >= 4 is 39.0 Å². The van der Waals surface area contributed by atoms with Crippen molar-refractivity contribution in [2.75, 3.05) is 11.1 Å². The number of thiazole rings is 1. The van der Waals surface area contributed by atoms with E-state index < -0.39 is 0 Å². The van der Waals surface area contributed by atoms with Crippen LogP contribution in [0.1, 0.15) is 21.9 Å². The van der Waals surface area contributed by atoms with Gasteiger partial charge in [0.2, 0.25) is 0 Å². The van der Waals surface area contributed by atoms with Gasteiger partial charge in [0.25, 0.3) is 5.91 Å². The van der Waals surface area contributed by atoms with E-state index in [1.165, 1.54) is 17.7 Å². The van der Waals surface area contributed by atoms with Crippen LogP contribution in [0, 0.1) is 0 Å². The number of hydrogen-bond acceptors (Lipinski definition) is 8. The number of pyridine rings is 1. The molecule has 4 rings (SSSR count). The number of fused-ring (bicyclic) bond motifs is 1. The summed E-state index contributed by atoms with van der Waals surface area (Å²) in [5, 5.41) is 13.2. The zero-order valence-electron chi connectivity index (χ0n) is 15.1. The zero-order valence-corrected chi connectivity index (χ0v) is 15.9. The fourth-order valence-electron chi connectivity index (χ4n) is 2.70. The largest absolute Gasteiger partial charge is 0.398 e. The third kappa shape index (κ3) is 3.62. The SMILES string of the molecule is Cn1ncnc1CNc1nc(C(=O)NCc2cnc3ccccc3c2N)cs1. The number of rotatable bonds is 6. The second-order valence-corrected chi connectivity index (χ2v) is 6.95. The lowest BCUT2D eigenvalue weighted by Gasteiger charge is -2.09. The molecule has 1 amide bonds. The van der Waals surface area contributed by atoms with E-state index >= 15 is 0 Å². The van der Waals surface area contributed by atoms with Gasteiger partial charge in [-0.1, -0.05) is 18.2 Å². The van der Waals surface area contributed by atoms with Gasteiger partial charge in [-0.2, -0.15) is 5.10 Å². The zero-order chi connectivity index (χ0) is 19.5. The molecule has 0 saturated carbocycles. The maximum Gasteiger partial charge on any atom is 0.271 e. The molecule has 0 atom stereocenters. The summed E-state index contributed by atoms with van der Waals surface area (Å²) >= 11 is 1.35. The predicted molar refractivity (Wildman–Crippen MR) is 108 cm³/mol. The Morgan fingerprint density at radius 3 is 2.93 bits per heavy atom. The Kier molecular flexibility index (Phi) is 4.85. The summed E-state index contributed by atoms with van der Waals surface area (Å²) in [5.74, 6) is 0.510. The van der Waals surface area contributed by atoms with Crippen LogP contribution in [0.5, 0.6) is 0 Å². The molecule has 0 unspecified atom stereocenters. The third-order valence-corrected chi connectivity index (χ3v) is 5.08. The fourth-order valence-corrected chi connectivity index (χ4v) is 3.39. The van der Waals surface area contributed by atoms with Crippen LogP contribution < -0.4 is 16.4 Å². The van der Waals surface area contributed by atoms with Crippen LogP contribution >= 0.6 is 11.3 Å². The lowest BCUT2D eigenvalue weighted by molar-refractivity contribution is 0.0947. The summed E-state index contributed by atoms with van der Waals surface area (Å²) in [6.45, 7) is 0.756. The molecule has 9 nitrogen and oxygen atoms in total. The molecule has 28 heavy (non-hydrogen) atoms.